The predicted octanol–water partition coefficient (Wildman–Crippen LogP) is 5.49. The second-order valence-corrected chi connectivity index (χ2v) is 9.77. The van der Waals surface area contributed by atoms with E-state index in [4.69, 9.17) is 0 Å². The normalized spacial score (nSPS) is 16.3. The highest BCUT2D eigenvalue weighted by Crippen LogP contribution is 2.64. The molecule has 0 aliphatic rings. The molecule has 1 N–H and O–H groups in total. The van der Waals surface area contributed by atoms with E-state index in [0.717, 1.165) is 20.8 Å². The number of carbonyl (C=O) groups excluding carboxylic acids is 1. The molecule has 0 saturated carbocycles. The summed E-state index contributed by atoms with van der Waals surface area (Å²) < 4.78 is 247. The highest BCUT2D eigenvalue weighted by molar-refractivity contribution is 7.90. The highest BCUT2D eigenvalue weighted by Gasteiger charge is 2.96. The minimum absolute atomic E-state index is 0.258. The van der Waals surface area contributed by atoms with Crippen LogP contribution in [-0.2, 0) is 14.8 Å². The van der Waals surface area contributed by atoms with Crippen molar-refractivity contribution in [2.24, 2.45) is 5.41 Å². The maximum absolute atomic E-state index is 13.8. The molecule has 22 heteroatoms. The van der Waals surface area contributed by atoms with Crippen molar-refractivity contribution in [1.29, 1.82) is 0 Å². The number of halogens is 17. The van der Waals surface area contributed by atoms with Gasteiger partial charge in [0.1, 0.15) is 0 Å². The molecule has 216 valence electrons. The van der Waals surface area contributed by atoms with Gasteiger partial charge < -0.3 is 0 Å². The number of Topliss-reactive ketones (excluding diaryl/α,β-unsaturated/α-hetero) is 1. The summed E-state index contributed by atoms with van der Waals surface area (Å²) in [6.45, 7) is 0.962. The van der Waals surface area contributed by atoms with E-state index in [1.54, 1.807) is 0 Å². The molecule has 0 atom stereocenters. The molecule has 0 heterocycles. The number of carbonyl (C=O) groups is 1. The number of hydrogen-bond acceptors (Lipinski definition) is 3. The standard InChI is InChI=1S/C14H12F17NO3S/c1-6(2,3)5(33)4-32-36(34,35)14(30,31)12(25,26)10(21,22)8(17,18)7(15,16)9(19,20)11(23,24)13(27,28)29/h32H,4H2,1-3H3. The number of alkyl halides is 17. The largest absolute Gasteiger partial charge is 0.460 e. The van der Waals surface area contributed by atoms with Crippen molar-refractivity contribution in [2.75, 3.05) is 6.54 Å². The lowest BCUT2D eigenvalue weighted by Gasteiger charge is -2.42. The Morgan fingerprint density at radius 2 is 0.833 bits per heavy atom. The summed E-state index contributed by atoms with van der Waals surface area (Å²) in [7, 11) is -7.48. The fraction of sp³-hybridized carbons (Fsp3) is 0.929. The molecule has 0 aromatic heterocycles. The summed E-state index contributed by atoms with van der Waals surface area (Å²) in [5.41, 5.74) is -1.64. The van der Waals surface area contributed by atoms with Crippen molar-refractivity contribution < 1.29 is 87.8 Å². The lowest BCUT2D eigenvalue weighted by molar-refractivity contribution is -0.458. The molecule has 36 heavy (non-hydrogen) atoms. The van der Waals surface area contributed by atoms with E-state index in [2.05, 4.69) is 0 Å². The van der Waals surface area contributed by atoms with Gasteiger partial charge in [-0.2, -0.15) is 74.6 Å². The third-order valence-corrected chi connectivity index (χ3v) is 5.75. The fourth-order valence-corrected chi connectivity index (χ4v) is 2.80. The Hall–Kier alpha value is -1.61. The van der Waals surface area contributed by atoms with Crippen molar-refractivity contribution in [3.8, 4) is 0 Å². The summed E-state index contributed by atoms with van der Waals surface area (Å²) in [5, 5.41) is -7.69. The lowest BCUT2D eigenvalue weighted by atomic mass is 9.91. The number of rotatable bonds is 10. The van der Waals surface area contributed by atoms with Crippen LogP contribution >= 0.6 is 0 Å². The van der Waals surface area contributed by atoms with Crippen LogP contribution in [0.1, 0.15) is 20.8 Å². The minimum atomic E-state index is -8.90. The maximum atomic E-state index is 13.8. The molecule has 0 spiro atoms. The van der Waals surface area contributed by atoms with E-state index >= 15 is 0 Å². The monoisotopic (exact) mass is 597 g/mol. The second-order valence-electron chi connectivity index (χ2n) is 7.96. The smallest absolute Gasteiger partial charge is 0.298 e. The Morgan fingerprint density at radius 1 is 0.556 bits per heavy atom. The summed E-state index contributed by atoms with van der Waals surface area (Å²) in [6, 6.07) is 0. The van der Waals surface area contributed by atoms with Crippen molar-refractivity contribution in [1.82, 2.24) is 4.72 Å². The predicted molar refractivity (Wildman–Crippen MR) is 82.1 cm³/mol. The summed E-state index contributed by atoms with van der Waals surface area (Å²) in [6.07, 6.45) is -7.90. The summed E-state index contributed by atoms with van der Waals surface area (Å²) in [4.78, 5) is 11.5. The molecule has 4 nitrogen and oxygen atoms in total. The van der Waals surface area contributed by atoms with Gasteiger partial charge in [0, 0.05) is 5.41 Å². The Bertz CT molecular complexity index is 947. The Morgan fingerprint density at radius 3 is 1.11 bits per heavy atom. The molecule has 0 amide bonds. The average molecular weight is 597 g/mol. The molecule has 0 aromatic carbocycles. The van der Waals surface area contributed by atoms with E-state index in [9.17, 15) is 87.8 Å². The van der Waals surface area contributed by atoms with Crippen LogP contribution < -0.4 is 4.72 Å². The zero-order valence-electron chi connectivity index (χ0n) is 17.3. The van der Waals surface area contributed by atoms with Crippen LogP contribution in [0.3, 0.4) is 0 Å². The minimum Gasteiger partial charge on any atom is -0.298 e. The molecule has 0 rings (SSSR count). The molecular formula is C14H12F17NO3S. The van der Waals surface area contributed by atoms with Crippen molar-refractivity contribution in [3.05, 3.63) is 0 Å². The molecule has 0 aliphatic carbocycles. The average Bonchev–Trinajstić information content (AvgIpc) is 2.63. The summed E-state index contributed by atoms with van der Waals surface area (Å²) in [5.74, 6) is -53.4. The molecule has 0 aromatic rings. The first-order valence-corrected chi connectivity index (χ1v) is 9.85. The van der Waals surface area contributed by atoms with Crippen molar-refractivity contribution in [2.45, 2.75) is 67.7 Å². The van der Waals surface area contributed by atoms with E-state index < -0.39 is 74.7 Å². The number of hydrogen-bond donors (Lipinski definition) is 1. The van der Waals surface area contributed by atoms with Crippen LogP contribution in [0, 0.1) is 5.41 Å². The van der Waals surface area contributed by atoms with Gasteiger partial charge in [0.2, 0.25) is 0 Å². The molecule has 0 fully saturated rings. The van der Waals surface area contributed by atoms with Crippen LogP contribution in [0.5, 0.6) is 0 Å². The zero-order chi connectivity index (χ0) is 30.0. The van der Waals surface area contributed by atoms with E-state index in [1.807, 2.05) is 0 Å². The van der Waals surface area contributed by atoms with Crippen LogP contribution in [0.25, 0.3) is 0 Å². The van der Waals surface area contributed by atoms with Crippen LogP contribution in [0.4, 0.5) is 74.6 Å². The van der Waals surface area contributed by atoms with Gasteiger partial charge in [-0.3, -0.25) is 4.79 Å². The van der Waals surface area contributed by atoms with Crippen LogP contribution in [-0.4, -0.2) is 67.7 Å². The van der Waals surface area contributed by atoms with Gasteiger partial charge in [-0.25, -0.2) is 13.1 Å². The first-order chi connectivity index (χ1) is 15.1. The second kappa shape index (κ2) is 8.72. The Balaban J connectivity index is 6.77. The van der Waals surface area contributed by atoms with Crippen molar-refractivity contribution >= 4 is 15.8 Å². The van der Waals surface area contributed by atoms with Gasteiger partial charge in [0.25, 0.3) is 10.0 Å². The zero-order valence-corrected chi connectivity index (χ0v) is 18.1. The van der Waals surface area contributed by atoms with E-state index in [0.29, 0.717) is 0 Å². The molecule has 0 unspecified atom stereocenters. The Kier molecular flexibility index (Phi) is 8.33. The van der Waals surface area contributed by atoms with Gasteiger partial charge in [-0.1, -0.05) is 20.8 Å². The van der Waals surface area contributed by atoms with Crippen molar-refractivity contribution in [3.63, 3.8) is 0 Å². The van der Waals surface area contributed by atoms with E-state index in [-0.39, 0.29) is 4.72 Å². The maximum Gasteiger partial charge on any atom is 0.460 e. The molecule has 0 aliphatic heterocycles. The molecule has 0 radical (unpaired) electrons. The van der Waals surface area contributed by atoms with Gasteiger partial charge >= 0.3 is 47.0 Å². The number of sulfonamides is 1. The van der Waals surface area contributed by atoms with Gasteiger partial charge in [0.15, 0.2) is 5.78 Å². The first kappa shape index (κ1) is 34.4. The van der Waals surface area contributed by atoms with Crippen LogP contribution in [0.15, 0.2) is 0 Å². The first-order valence-electron chi connectivity index (χ1n) is 8.37. The molecule has 0 saturated heterocycles. The van der Waals surface area contributed by atoms with Gasteiger partial charge in [-0.05, 0) is 0 Å². The van der Waals surface area contributed by atoms with E-state index in [1.165, 1.54) is 0 Å². The third-order valence-electron chi connectivity index (χ3n) is 4.29. The summed E-state index contributed by atoms with van der Waals surface area (Å²) >= 11 is 0. The highest BCUT2D eigenvalue weighted by atomic mass is 32.2. The third kappa shape index (κ3) is 4.70. The van der Waals surface area contributed by atoms with Gasteiger partial charge in [0.05, 0.1) is 6.54 Å². The Labute approximate surface area is 189 Å². The SMILES string of the molecule is CC(C)(C)C(=O)CNS(=O)(=O)C(F)(F)C(F)(F)C(F)(F)C(F)(F)C(F)(F)C(F)(F)C(F)(F)C(F)(F)F. The molecule has 0 bridgehead atoms. The van der Waals surface area contributed by atoms with Crippen LogP contribution in [0.2, 0.25) is 0 Å². The fourth-order valence-electron chi connectivity index (χ4n) is 1.83. The lowest BCUT2D eigenvalue weighted by Crippen LogP contribution is -2.75. The number of nitrogens with one attached hydrogen (secondary N) is 1. The topological polar surface area (TPSA) is 63.2 Å². The van der Waals surface area contributed by atoms with Gasteiger partial charge in [-0.15, -0.1) is 0 Å². The number of ketones is 1. The quantitative estimate of drug-likeness (QED) is 0.339. The molecular weight excluding hydrogens is 585 g/mol.